The number of hydrogen-bond donors (Lipinski definition) is 1. The van der Waals surface area contributed by atoms with E-state index in [1.54, 1.807) is 0 Å². The van der Waals surface area contributed by atoms with Crippen LogP contribution in [0.4, 0.5) is 0 Å². The van der Waals surface area contributed by atoms with E-state index in [9.17, 15) is 13.2 Å². The van der Waals surface area contributed by atoms with E-state index in [0.29, 0.717) is 32.0 Å². The number of nitrogens with zero attached hydrogens (tertiary/aromatic N) is 1. The standard InChI is InChI=1S/C24H30N2O5S/c1-24(2)17-19-9-6-10-20(22(19)31-24)30-14-11-25-23(27)21(18-7-4-3-5-8-18)26-12-15-32(28,29)16-13-26/h3-10,21H,11-17H2,1-2H3,(H,25,27). The van der Waals surface area contributed by atoms with Gasteiger partial charge in [-0.1, -0.05) is 42.5 Å². The third-order valence-electron chi connectivity index (χ3n) is 5.82. The molecule has 8 heteroatoms. The molecule has 0 bridgehead atoms. The van der Waals surface area contributed by atoms with E-state index in [0.717, 1.165) is 23.3 Å². The van der Waals surface area contributed by atoms with Crippen molar-refractivity contribution in [2.45, 2.75) is 31.9 Å². The van der Waals surface area contributed by atoms with Crippen molar-refractivity contribution in [3.63, 3.8) is 0 Å². The van der Waals surface area contributed by atoms with E-state index < -0.39 is 15.9 Å². The van der Waals surface area contributed by atoms with Gasteiger partial charge >= 0.3 is 0 Å². The Morgan fingerprint density at radius 2 is 1.84 bits per heavy atom. The summed E-state index contributed by atoms with van der Waals surface area (Å²) in [4.78, 5) is 15.0. The Labute approximate surface area is 189 Å². The largest absolute Gasteiger partial charge is 0.488 e. The molecule has 0 radical (unpaired) electrons. The Morgan fingerprint density at radius 3 is 2.56 bits per heavy atom. The molecule has 1 amide bonds. The van der Waals surface area contributed by atoms with Crippen molar-refractivity contribution in [1.82, 2.24) is 10.2 Å². The molecule has 2 aromatic carbocycles. The number of hydrogen-bond acceptors (Lipinski definition) is 6. The van der Waals surface area contributed by atoms with Crippen LogP contribution < -0.4 is 14.8 Å². The number of para-hydroxylation sites is 1. The number of sulfone groups is 1. The van der Waals surface area contributed by atoms with Crippen LogP contribution in [0, 0.1) is 0 Å². The summed E-state index contributed by atoms with van der Waals surface area (Å²) in [5.74, 6) is 1.45. The zero-order valence-corrected chi connectivity index (χ0v) is 19.4. The monoisotopic (exact) mass is 458 g/mol. The first-order valence-corrected chi connectivity index (χ1v) is 12.8. The van der Waals surface area contributed by atoms with E-state index in [2.05, 4.69) is 5.32 Å². The number of carbonyl (C=O) groups excluding carboxylic acids is 1. The normalized spacial score (nSPS) is 20.1. The summed E-state index contributed by atoms with van der Waals surface area (Å²) < 4.78 is 35.6. The number of carbonyl (C=O) groups is 1. The molecule has 2 aromatic rings. The maximum absolute atomic E-state index is 13.1. The highest BCUT2D eigenvalue weighted by Crippen LogP contribution is 2.41. The lowest BCUT2D eigenvalue weighted by Gasteiger charge is -2.33. The van der Waals surface area contributed by atoms with Crippen LogP contribution >= 0.6 is 0 Å². The van der Waals surface area contributed by atoms with Crippen LogP contribution in [-0.4, -0.2) is 62.6 Å². The highest BCUT2D eigenvalue weighted by atomic mass is 32.2. The molecule has 7 nitrogen and oxygen atoms in total. The minimum Gasteiger partial charge on any atom is -0.488 e. The Balaban J connectivity index is 1.37. The molecule has 0 aromatic heterocycles. The molecule has 32 heavy (non-hydrogen) atoms. The molecule has 1 N–H and O–H groups in total. The second-order valence-corrected chi connectivity index (χ2v) is 11.2. The fourth-order valence-corrected chi connectivity index (χ4v) is 5.51. The molecule has 1 atom stereocenters. The van der Waals surface area contributed by atoms with Crippen LogP contribution in [0.3, 0.4) is 0 Å². The second-order valence-electron chi connectivity index (χ2n) is 8.92. The number of nitrogens with one attached hydrogen (secondary N) is 1. The summed E-state index contributed by atoms with van der Waals surface area (Å²) in [6.07, 6.45) is 0.834. The molecule has 2 heterocycles. The van der Waals surface area contributed by atoms with E-state index in [1.807, 2.05) is 67.3 Å². The lowest BCUT2D eigenvalue weighted by Crippen LogP contribution is -2.48. The fraction of sp³-hybridized carbons (Fsp3) is 0.458. The van der Waals surface area contributed by atoms with Gasteiger partial charge in [-0.25, -0.2) is 8.42 Å². The predicted molar refractivity (Wildman–Crippen MR) is 123 cm³/mol. The van der Waals surface area contributed by atoms with Gasteiger partial charge in [0.15, 0.2) is 21.3 Å². The number of benzene rings is 2. The molecule has 172 valence electrons. The topological polar surface area (TPSA) is 84.9 Å². The van der Waals surface area contributed by atoms with Gasteiger partial charge in [-0.3, -0.25) is 9.69 Å². The average molecular weight is 459 g/mol. The van der Waals surface area contributed by atoms with E-state index >= 15 is 0 Å². The first kappa shape index (κ1) is 22.6. The molecule has 0 aliphatic carbocycles. The Hall–Kier alpha value is -2.58. The summed E-state index contributed by atoms with van der Waals surface area (Å²) in [5.41, 5.74) is 1.73. The van der Waals surface area contributed by atoms with Crippen LogP contribution in [-0.2, 0) is 21.1 Å². The van der Waals surface area contributed by atoms with Crippen molar-refractivity contribution in [3.8, 4) is 11.5 Å². The SMILES string of the molecule is CC1(C)Cc2cccc(OCCNC(=O)C(c3ccccc3)N3CCS(=O)(=O)CC3)c2O1. The molecule has 2 aliphatic rings. The van der Waals surface area contributed by atoms with Crippen LogP contribution in [0.25, 0.3) is 0 Å². The number of amides is 1. The van der Waals surface area contributed by atoms with Gasteiger partial charge < -0.3 is 14.8 Å². The molecule has 0 saturated carbocycles. The predicted octanol–water partition coefficient (Wildman–Crippen LogP) is 2.37. The lowest BCUT2D eigenvalue weighted by atomic mass is 10.0. The minimum atomic E-state index is -3.03. The smallest absolute Gasteiger partial charge is 0.242 e. The van der Waals surface area contributed by atoms with Gasteiger partial charge in [0, 0.05) is 25.1 Å². The van der Waals surface area contributed by atoms with Crippen molar-refractivity contribution >= 4 is 15.7 Å². The molecule has 0 spiro atoms. The second kappa shape index (κ2) is 9.11. The Bertz CT molecular complexity index is 1060. The first-order valence-electron chi connectivity index (χ1n) is 10.9. The summed E-state index contributed by atoms with van der Waals surface area (Å²) in [5, 5.41) is 2.96. The van der Waals surface area contributed by atoms with Gasteiger partial charge in [0.1, 0.15) is 18.2 Å². The summed E-state index contributed by atoms with van der Waals surface area (Å²) >= 11 is 0. The average Bonchev–Trinajstić information content (AvgIpc) is 3.08. The van der Waals surface area contributed by atoms with Gasteiger partial charge in [-0.15, -0.1) is 0 Å². The summed E-state index contributed by atoms with van der Waals surface area (Å²) in [7, 11) is -3.03. The van der Waals surface area contributed by atoms with Crippen LogP contribution in [0.2, 0.25) is 0 Å². The van der Waals surface area contributed by atoms with Crippen molar-refractivity contribution in [2.75, 3.05) is 37.7 Å². The van der Waals surface area contributed by atoms with E-state index in [4.69, 9.17) is 9.47 Å². The molecule has 2 aliphatic heterocycles. The van der Waals surface area contributed by atoms with Crippen LogP contribution in [0.5, 0.6) is 11.5 Å². The van der Waals surface area contributed by atoms with Gasteiger partial charge in [0.05, 0.1) is 18.1 Å². The van der Waals surface area contributed by atoms with Crippen LogP contribution in [0.15, 0.2) is 48.5 Å². The van der Waals surface area contributed by atoms with Crippen molar-refractivity contribution in [2.24, 2.45) is 0 Å². The quantitative estimate of drug-likeness (QED) is 0.642. The molecular formula is C24H30N2O5S. The molecular weight excluding hydrogens is 428 g/mol. The van der Waals surface area contributed by atoms with Crippen molar-refractivity contribution in [3.05, 3.63) is 59.7 Å². The maximum Gasteiger partial charge on any atom is 0.242 e. The highest BCUT2D eigenvalue weighted by molar-refractivity contribution is 7.91. The van der Waals surface area contributed by atoms with Gasteiger partial charge in [-0.05, 0) is 25.5 Å². The maximum atomic E-state index is 13.1. The van der Waals surface area contributed by atoms with Gasteiger partial charge in [-0.2, -0.15) is 0 Å². The molecule has 4 rings (SSSR count). The lowest BCUT2D eigenvalue weighted by molar-refractivity contribution is -0.126. The minimum absolute atomic E-state index is 0.0716. The number of fused-ring (bicyclic) bond motifs is 1. The Morgan fingerprint density at radius 1 is 1.12 bits per heavy atom. The van der Waals surface area contributed by atoms with Crippen LogP contribution in [0.1, 0.15) is 31.0 Å². The van der Waals surface area contributed by atoms with Gasteiger partial charge in [0.25, 0.3) is 0 Å². The fourth-order valence-electron chi connectivity index (χ4n) is 4.28. The molecule has 1 unspecified atom stereocenters. The van der Waals surface area contributed by atoms with E-state index in [1.165, 1.54) is 0 Å². The Kier molecular flexibility index (Phi) is 6.44. The highest BCUT2D eigenvalue weighted by Gasteiger charge is 2.33. The number of rotatable bonds is 7. The van der Waals surface area contributed by atoms with Crippen molar-refractivity contribution < 1.29 is 22.7 Å². The third kappa shape index (κ3) is 5.24. The third-order valence-corrected chi connectivity index (χ3v) is 7.43. The van der Waals surface area contributed by atoms with E-state index in [-0.39, 0.29) is 23.0 Å². The van der Waals surface area contributed by atoms with Gasteiger partial charge in [0.2, 0.25) is 5.91 Å². The van der Waals surface area contributed by atoms with Crippen molar-refractivity contribution in [1.29, 1.82) is 0 Å². The number of ether oxygens (including phenoxy) is 2. The first-order chi connectivity index (χ1) is 15.2. The molecule has 1 saturated heterocycles. The molecule has 1 fully saturated rings. The zero-order valence-electron chi connectivity index (χ0n) is 18.5. The summed E-state index contributed by atoms with van der Waals surface area (Å²) in [6.45, 7) is 5.42. The zero-order chi connectivity index (χ0) is 22.8. The summed E-state index contributed by atoms with van der Waals surface area (Å²) in [6, 6.07) is 14.8.